The lowest BCUT2D eigenvalue weighted by molar-refractivity contribution is -0.143. The summed E-state index contributed by atoms with van der Waals surface area (Å²) in [5.41, 5.74) is 0. The monoisotopic (exact) mass is 265 g/mol. The molecule has 0 bridgehead atoms. The number of carboxylic acids is 1. The number of hydrogen-bond donors (Lipinski definition) is 1. The number of hydrogen-bond acceptors (Lipinski definition) is 2. The molecule has 3 atom stereocenters. The van der Waals surface area contributed by atoms with Crippen molar-refractivity contribution in [2.45, 2.75) is 76.3 Å². The zero-order valence-electron chi connectivity index (χ0n) is 11.9. The molecule has 0 amide bonds. The van der Waals surface area contributed by atoms with E-state index in [0.717, 1.165) is 18.9 Å². The van der Waals surface area contributed by atoms with E-state index in [9.17, 15) is 9.90 Å². The third-order valence-corrected chi connectivity index (χ3v) is 5.70. The molecule has 3 fully saturated rings. The van der Waals surface area contributed by atoms with Crippen molar-refractivity contribution >= 4 is 5.97 Å². The van der Waals surface area contributed by atoms with Crippen LogP contribution in [0.4, 0.5) is 0 Å². The van der Waals surface area contributed by atoms with Crippen LogP contribution >= 0.6 is 0 Å². The van der Waals surface area contributed by atoms with Gasteiger partial charge in [-0.25, -0.2) is 0 Å². The fraction of sp³-hybridized carbons (Fsp3) is 0.938. The number of carboxylic acid groups (broad SMARTS) is 1. The molecule has 1 aliphatic heterocycles. The molecule has 108 valence electrons. The van der Waals surface area contributed by atoms with E-state index in [2.05, 4.69) is 4.90 Å². The minimum Gasteiger partial charge on any atom is -0.480 e. The smallest absolute Gasteiger partial charge is 0.320 e. The van der Waals surface area contributed by atoms with Gasteiger partial charge in [0.05, 0.1) is 0 Å². The summed E-state index contributed by atoms with van der Waals surface area (Å²) in [6.07, 6.45) is 12.7. The molecule has 0 radical (unpaired) electrons. The fourth-order valence-corrected chi connectivity index (χ4v) is 4.73. The maximum atomic E-state index is 11.6. The standard InChI is InChI=1S/C16H27NO2/c18-16(19)15-10-13-8-4-5-9-14(13)17(15)11-12-6-2-1-3-7-12/h12-15H,1-11H2,(H,18,19)/t13-,14+,15+/m1/s1. The molecule has 1 saturated heterocycles. The van der Waals surface area contributed by atoms with E-state index in [1.165, 1.54) is 57.8 Å². The highest BCUT2D eigenvalue weighted by molar-refractivity contribution is 5.74. The number of fused-ring (bicyclic) bond motifs is 1. The fourth-order valence-electron chi connectivity index (χ4n) is 4.73. The predicted octanol–water partition coefficient (Wildman–Crippen LogP) is 3.28. The second-order valence-corrected chi connectivity index (χ2v) is 6.90. The van der Waals surface area contributed by atoms with Gasteiger partial charge in [0.1, 0.15) is 6.04 Å². The summed E-state index contributed by atoms with van der Waals surface area (Å²) >= 11 is 0. The summed E-state index contributed by atoms with van der Waals surface area (Å²) in [7, 11) is 0. The second-order valence-electron chi connectivity index (χ2n) is 6.90. The second kappa shape index (κ2) is 5.82. The van der Waals surface area contributed by atoms with Crippen molar-refractivity contribution in [1.82, 2.24) is 4.90 Å². The Morgan fingerprint density at radius 3 is 2.42 bits per heavy atom. The molecule has 0 aromatic rings. The average Bonchev–Trinajstić information content (AvgIpc) is 2.79. The molecule has 1 N–H and O–H groups in total. The van der Waals surface area contributed by atoms with Crippen LogP contribution in [0.1, 0.15) is 64.2 Å². The molecule has 2 aliphatic carbocycles. The van der Waals surface area contributed by atoms with E-state index in [4.69, 9.17) is 0 Å². The SMILES string of the molecule is O=C(O)[C@@H]1C[C@H]2CCCC[C@@H]2N1CC1CCCCC1. The first kappa shape index (κ1) is 13.4. The number of nitrogens with zero attached hydrogens (tertiary/aromatic N) is 1. The molecular formula is C16H27NO2. The van der Waals surface area contributed by atoms with E-state index in [-0.39, 0.29) is 6.04 Å². The highest BCUT2D eigenvalue weighted by Crippen LogP contribution is 2.41. The summed E-state index contributed by atoms with van der Waals surface area (Å²) in [5, 5.41) is 9.52. The lowest BCUT2D eigenvalue weighted by Gasteiger charge is -2.36. The Morgan fingerprint density at radius 1 is 1.00 bits per heavy atom. The highest BCUT2D eigenvalue weighted by Gasteiger charge is 2.45. The molecule has 1 heterocycles. The van der Waals surface area contributed by atoms with Crippen LogP contribution in [-0.2, 0) is 4.79 Å². The van der Waals surface area contributed by atoms with Crippen LogP contribution < -0.4 is 0 Å². The number of likely N-dealkylation sites (tertiary alicyclic amines) is 1. The van der Waals surface area contributed by atoms with Crippen LogP contribution in [0.3, 0.4) is 0 Å². The third-order valence-electron chi connectivity index (χ3n) is 5.70. The van der Waals surface area contributed by atoms with Gasteiger partial charge >= 0.3 is 5.97 Å². The van der Waals surface area contributed by atoms with Crippen molar-refractivity contribution in [3.05, 3.63) is 0 Å². The van der Waals surface area contributed by atoms with Crippen molar-refractivity contribution in [3.8, 4) is 0 Å². The predicted molar refractivity (Wildman–Crippen MR) is 75.1 cm³/mol. The molecule has 0 unspecified atom stereocenters. The first-order valence-electron chi connectivity index (χ1n) is 8.24. The van der Waals surface area contributed by atoms with Crippen molar-refractivity contribution in [3.63, 3.8) is 0 Å². The Kier molecular flexibility index (Phi) is 4.11. The van der Waals surface area contributed by atoms with E-state index in [1.807, 2.05) is 0 Å². The minimum absolute atomic E-state index is 0.185. The summed E-state index contributed by atoms with van der Waals surface area (Å²) in [4.78, 5) is 13.9. The largest absolute Gasteiger partial charge is 0.480 e. The van der Waals surface area contributed by atoms with Gasteiger partial charge in [0.2, 0.25) is 0 Å². The molecule has 0 spiro atoms. The minimum atomic E-state index is -0.579. The number of aliphatic carboxylic acids is 1. The maximum Gasteiger partial charge on any atom is 0.320 e. The van der Waals surface area contributed by atoms with Crippen molar-refractivity contribution in [1.29, 1.82) is 0 Å². The summed E-state index contributed by atoms with van der Waals surface area (Å²) < 4.78 is 0. The zero-order chi connectivity index (χ0) is 13.2. The van der Waals surface area contributed by atoms with Gasteiger partial charge in [-0.2, -0.15) is 0 Å². The van der Waals surface area contributed by atoms with Crippen LogP contribution in [0.2, 0.25) is 0 Å². The molecule has 0 aromatic carbocycles. The first-order chi connectivity index (χ1) is 9.25. The summed E-state index contributed by atoms with van der Waals surface area (Å²) in [6.45, 7) is 1.05. The van der Waals surface area contributed by atoms with Crippen LogP contribution in [0.15, 0.2) is 0 Å². The van der Waals surface area contributed by atoms with Crippen LogP contribution in [0.25, 0.3) is 0 Å². The Bertz CT molecular complexity index is 325. The third kappa shape index (κ3) is 2.81. The van der Waals surface area contributed by atoms with Gasteiger partial charge in [-0.05, 0) is 43.9 Å². The zero-order valence-corrected chi connectivity index (χ0v) is 11.9. The van der Waals surface area contributed by atoms with Gasteiger partial charge in [-0.1, -0.05) is 32.1 Å². The Hall–Kier alpha value is -0.570. The van der Waals surface area contributed by atoms with Gasteiger partial charge in [0.15, 0.2) is 0 Å². The average molecular weight is 265 g/mol. The Morgan fingerprint density at radius 2 is 1.68 bits per heavy atom. The molecule has 19 heavy (non-hydrogen) atoms. The van der Waals surface area contributed by atoms with E-state index in [1.54, 1.807) is 0 Å². The Balaban J connectivity index is 1.69. The maximum absolute atomic E-state index is 11.6. The molecule has 3 heteroatoms. The van der Waals surface area contributed by atoms with Crippen LogP contribution in [-0.4, -0.2) is 34.6 Å². The number of rotatable bonds is 3. The van der Waals surface area contributed by atoms with E-state index in [0.29, 0.717) is 12.0 Å². The van der Waals surface area contributed by atoms with Gasteiger partial charge in [0.25, 0.3) is 0 Å². The molecular weight excluding hydrogens is 238 g/mol. The topological polar surface area (TPSA) is 40.5 Å². The number of carbonyl (C=O) groups is 1. The highest BCUT2D eigenvalue weighted by atomic mass is 16.4. The van der Waals surface area contributed by atoms with E-state index < -0.39 is 5.97 Å². The van der Waals surface area contributed by atoms with Crippen molar-refractivity contribution < 1.29 is 9.90 Å². The van der Waals surface area contributed by atoms with Gasteiger partial charge in [0, 0.05) is 12.6 Å². The van der Waals surface area contributed by atoms with Crippen molar-refractivity contribution in [2.24, 2.45) is 11.8 Å². The quantitative estimate of drug-likeness (QED) is 0.851. The van der Waals surface area contributed by atoms with Crippen LogP contribution in [0, 0.1) is 11.8 Å². The summed E-state index contributed by atoms with van der Waals surface area (Å²) in [6, 6.07) is 0.395. The summed E-state index contributed by atoms with van der Waals surface area (Å²) in [5.74, 6) is 0.847. The first-order valence-corrected chi connectivity index (χ1v) is 8.24. The van der Waals surface area contributed by atoms with Crippen LogP contribution in [0.5, 0.6) is 0 Å². The van der Waals surface area contributed by atoms with Gasteiger partial charge in [-0.15, -0.1) is 0 Å². The van der Waals surface area contributed by atoms with Crippen molar-refractivity contribution in [2.75, 3.05) is 6.54 Å². The molecule has 3 rings (SSSR count). The lowest BCUT2D eigenvalue weighted by Crippen LogP contribution is -2.45. The normalized spacial score (nSPS) is 37.2. The van der Waals surface area contributed by atoms with E-state index >= 15 is 0 Å². The van der Waals surface area contributed by atoms with Gasteiger partial charge < -0.3 is 5.11 Å². The molecule has 2 saturated carbocycles. The van der Waals surface area contributed by atoms with Gasteiger partial charge in [-0.3, -0.25) is 9.69 Å². The lowest BCUT2D eigenvalue weighted by atomic mass is 9.84. The molecule has 0 aromatic heterocycles. The molecule has 3 nitrogen and oxygen atoms in total. The molecule has 3 aliphatic rings. The Labute approximate surface area is 116 Å².